The van der Waals surface area contributed by atoms with Gasteiger partial charge in [0.05, 0.1) is 0 Å². The Kier molecular flexibility index (Phi) is 20.3. The van der Waals surface area contributed by atoms with Crippen molar-refractivity contribution in [1.29, 1.82) is 0 Å². The molecule has 3 rings (SSSR count). The van der Waals surface area contributed by atoms with Crippen LogP contribution in [-0.2, 0) is 114 Å². The summed E-state index contributed by atoms with van der Waals surface area (Å²) in [4.78, 5) is 112. The molecule has 0 aromatic carbocycles. The first-order chi connectivity index (χ1) is 30.0. The second kappa shape index (κ2) is 24.6. The lowest BCUT2D eigenvalue weighted by atomic mass is 9.90. The number of terminal acetylenes is 1. The minimum atomic E-state index is -1.96. The van der Waals surface area contributed by atoms with Crippen LogP contribution in [0.3, 0.4) is 0 Å². The van der Waals surface area contributed by atoms with Gasteiger partial charge in [-0.2, -0.15) is 0 Å². The molecule has 3 aliphatic heterocycles. The van der Waals surface area contributed by atoms with E-state index in [9.17, 15) is 43.2 Å². The summed E-state index contributed by atoms with van der Waals surface area (Å²) in [5.74, 6) is -6.49. The fraction of sp³-hybridized carbons (Fsp3) is 0.725. The van der Waals surface area contributed by atoms with Crippen LogP contribution in [0.2, 0.25) is 0 Å². The maximum atomic E-state index is 12.9. The van der Waals surface area contributed by atoms with Gasteiger partial charge in [-0.1, -0.05) is 12.8 Å². The smallest absolute Gasteiger partial charge is 0.303 e. The first-order valence-electron chi connectivity index (χ1n) is 19.8. The zero-order valence-electron chi connectivity index (χ0n) is 36.9. The molecule has 3 saturated heterocycles. The number of hydrogen-bond acceptors (Lipinski definition) is 24. The van der Waals surface area contributed by atoms with E-state index in [-0.39, 0.29) is 0 Å². The Balaban J connectivity index is 2.26. The number of esters is 9. The van der Waals surface area contributed by atoms with Crippen molar-refractivity contribution in [3.05, 3.63) is 0 Å². The molecule has 3 aliphatic rings. The highest BCUT2D eigenvalue weighted by Gasteiger charge is 2.59. The minimum Gasteiger partial charge on any atom is -0.463 e. The van der Waals surface area contributed by atoms with Gasteiger partial charge in [-0.15, -0.1) is 6.42 Å². The maximum Gasteiger partial charge on any atom is 0.303 e. The first-order valence-corrected chi connectivity index (χ1v) is 19.8. The summed E-state index contributed by atoms with van der Waals surface area (Å²) in [5.41, 5.74) is 0. The van der Waals surface area contributed by atoms with Gasteiger partial charge in [0.2, 0.25) is 0 Å². The summed E-state index contributed by atoms with van der Waals surface area (Å²) in [5, 5.41) is 0. The molecule has 6 unspecified atom stereocenters. The molecule has 24 nitrogen and oxygen atoms in total. The number of ether oxygens (including phenoxy) is 15. The van der Waals surface area contributed by atoms with Crippen LogP contribution in [0.5, 0.6) is 0 Å². The molecule has 0 radical (unpaired) electrons. The normalized spacial score (nSPS) is 32.2. The van der Waals surface area contributed by atoms with Gasteiger partial charge in [0.1, 0.15) is 63.1 Å². The summed E-state index contributed by atoms with van der Waals surface area (Å²) in [6, 6.07) is 0. The summed E-state index contributed by atoms with van der Waals surface area (Å²) in [6.45, 7) is 8.82. The monoisotopic (exact) mass is 918 g/mol. The van der Waals surface area contributed by atoms with E-state index in [4.69, 9.17) is 77.5 Å². The van der Waals surface area contributed by atoms with E-state index in [1.807, 2.05) is 0 Å². The fourth-order valence-electron chi connectivity index (χ4n) is 6.94. The van der Waals surface area contributed by atoms with Crippen LogP contribution in [0.1, 0.15) is 69.2 Å². The Morgan fingerprint density at radius 2 is 0.703 bits per heavy atom. The van der Waals surface area contributed by atoms with E-state index in [2.05, 4.69) is 5.92 Å². The predicted octanol–water partition coefficient (Wildman–Crippen LogP) is -0.503. The zero-order valence-corrected chi connectivity index (χ0v) is 36.9. The molecule has 3 fully saturated rings. The third-order valence-electron chi connectivity index (χ3n) is 9.27. The SMILES string of the molecule is C#CCO[C@@H]1OC(COC(C)=O)[C@@H](O[C@H]2OC(COC(C)=O)[C@@H](O[C@H]3OC(COC(C)=O)[C@@H](C)C(OC(C)=O)[C@@H]3OC(C)=O)C(OC(C)=O)[C@@H]2OC(C)=O)[C@H](OC(C)=O)C1OC(C)=O. The van der Waals surface area contributed by atoms with Crippen LogP contribution >= 0.6 is 0 Å². The number of rotatable bonds is 18. The van der Waals surface area contributed by atoms with Gasteiger partial charge in [-0.25, -0.2) is 0 Å². The third kappa shape index (κ3) is 15.7. The van der Waals surface area contributed by atoms with E-state index < -0.39 is 172 Å². The molecule has 24 heteroatoms. The van der Waals surface area contributed by atoms with Gasteiger partial charge in [0, 0.05) is 68.2 Å². The molecule has 0 aliphatic carbocycles. The van der Waals surface area contributed by atoms with E-state index >= 15 is 0 Å². The van der Waals surface area contributed by atoms with Crippen molar-refractivity contribution in [3.63, 3.8) is 0 Å². The minimum absolute atomic E-state index is 0.404. The zero-order chi connectivity index (χ0) is 48.0. The number of carbonyl (C=O) groups is 9. The topological polar surface area (TPSA) is 292 Å². The molecule has 15 atom stereocenters. The van der Waals surface area contributed by atoms with E-state index in [0.29, 0.717) is 0 Å². The van der Waals surface area contributed by atoms with E-state index in [0.717, 1.165) is 62.3 Å². The van der Waals surface area contributed by atoms with Crippen LogP contribution in [0.25, 0.3) is 0 Å². The second-order valence-corrected chi connectivity index (χ2v) is 14.6. The maximum absolute atomic E-state index is 12.9. The summed E-state index contributed by atoms with van der Waals surface area (Å²) < 4.78 is 86.2. The van der Waals surface area contributed by atoms with Gasteiger partial charge in [0.25, 0.3) is 0 Å². The van der Waals surface area contributed by atoms with Crippen LogP contribution in [0.15, 0.2) is 0 Å². The molecule has 0 saturated carbocycles. The van der Waals surface area contributed by atoms with Gasteiger partial charge in [0.15, 0.2) is 49.4 Å². The molecular weight excluding hydrogens is 864 g/mol. The molecular formula is C40H54O24. The Labute approximate surface area is 367 Å². The highest BCUT2D eigenvalue weighted by atomic mass is 16.8. The lowest BCUT2D eigenvalue weighted by Gasteiger charge is -2.50. The van der Waals surface area contributed by atoms with Crippen molar-refractivity contribution in [1.82, 2.24) is 0 Å². The molecule has 3 heterocycles. The van der Waals surface area contributed by atoms with Gasteiger partial charge in [-0.3, -0.25) is 43.2 Å². The fourth-order valence-corrected chi connectivity index (χ4v) is 6.94. The van der Waals surface area contributed by atoms with Gasteiger partial charge < -0.3 is 71.1 Å². The molecule has 0 aromatic heterocycles. The lowest BCUT2D eigenvalue weighted by molar-refractivity contribution is -0.378. The second-order valence-electron chi connectivity index (χ2n) is 14.6. The van der Waals surface area contributed by atoms with Crippen LogP contribution < -0.4 is 0 Å². The summed E-state index contributed by atoms with van der Waals surface area (Å²) in [7, 11) is 0. The van der Waals surface area contributed by atoms with Gasteiger partial charge >= 0.3 is 53.7 Å². The van der Waals surface area contributed by atoms with Crippen molar-refractivity contribution in [2.75, 3.05) is 26.4 Å². The highest BCUT2D eigenvalue weighted by molar-refractivity contribution is 5.69. The Bertz CT molecular complexity index is 1740. The van der Waals surface area contributed by atoms with Gasteiger partial charge in [-0.05, 0) is 0 Å². The quantitative estimate of drug-likeness (QED) is 0.0951. The Hall–Kier alpha value is -5.45. The average Bonchev–Trinajstić information content (AvgIpc) is 3.17. The molecule has 0 aromatic rings. The molecule has 0 spiro atoms. The van der Waals surface area contributed by atoms with Crippen LogP contribution in [-0.4, -0.2) is 166 Å². The van der Waals surface area contributed by atoms with Crippen LogP contribution in [0, 0.1) is 18.3 Å². The van der Waals surface area contributed by atoms with Crippen molar-refractivity contribution in [2.24, 2.45) is 5.92 Å². The van der Waals surface area contributed by atoms with E-state index in [1.165, 1.54) is 0 Å². The average molecular weight is 919 g/mol. The van der Waals surface area contributed by atoms with Crippen molar-refractivity contribution >= 4 is 53.7 Å². The summed E-state index contributed by atoms with van der Waals surface area (Å²) >= 11 is 0. The predicted molar refractivity (Wildman–Crippen MR) is 203 cm³/mol. The van der Waals surface area contributed by atoms with Crippen LogP contribution in [0.4, 0.5) is 0 Å². The largest absolute Gasteiger partial charge is 0.463 e. The Morgan fingerprint density at radius 1 is 0.406 bits per heavy atom. The summed E-state index contributed by atoms with van der Waals surface area (Å²) in [6.07, 6.45) is -17.5. The van der Waals surface area contributed by atoms with Crippen molar-refractivity contribution in [3.8, 4) is 12.3 Å². The van der Waals surface area contributed by atoms with Crippen molar-refractivity contribution in [2.45, 2.75) is 155 Å². The third-order valence-corrected chi connectivity index (χ3v) is 9.27. The molecule has 358 valence electrons. The Morgan fingerprint density at radius 3 is 1.06 bits per heavy atom. The lowest BCUT2D eigenvalue weighted by Crippen LogP contribution is -2.68. The highest BCUT2D eigenvalue weighted by Crippen LogP contribution is 2.38. The number of carbonyl (C=O) groups excluding carboxylic acids is 9. The molecule has 0 amide bonds. The first kappa shape index (κ1) is 52.9. The number of hydrogen-bond donors (Lipinski definition) is 0. The standard InChI is InChI=1S/C40H54O24/c1-12-13-50-38-36(58-25(10)48)33(55-22(7)45)31(28(61-38)15-52-19(4)42)64-40-37(59-26(11)49)34(56-23(8)46)32(29(62-40)16-53-20(5)43)63-39-35(57-24(9)47)30(54-21(6)44)17(2)27(60-39)14-51-18(3)41/h1,17,27-40H,13-16H2,2-11H3/t17-,27?,28?,29?,30?,31-,32-,33+,34?,35+,36?,37+,38-,39-,40-/m1/s1. The molecule has 0 N–H and O–H groups in total. The van der Waals surface area contributed by atoms with E-state index in [1.54, 1.807) is 6.92 Å². The van der Waals surface area contributed by atoms with Crippen molar-refractivity contribution < 1.29 is 114 Å². The molecule has 0 bridgehead atoms. The molecule has 64 heavy (non-hydrogen) atoms.